The maximum absolute atomic E-state index is 13.4. The fraction of sp³-hybridized carbons (Fsp3) is 0.222. The number of carboxylic acid groups (broad SMARTS) is 2. The van der Waals surface area contributed by atoms with Gasteiger partial charge in [-0.1, -0.05) is 55.9 Å². The Bertz CT molecular complexity index is 1410. The highest BCUT2D eigenvalue weighted by Crippen LogP contribution is 2.31. The number of carbonyl (C=O) groups is 3. The standard InChI is InChI=1S/C25H25FN4OS.C2H2O4/c1-3-18-8-5-6-9-20(18)28-24(31)22(4-2)30-23-21(10-7-15-27-23)29-25(30)32-16-17-11-13-19(26)14-12-17;3-1(4)2(5)6/h5-15,22H,3-4,16H2,1-2H3,(H,28,31);(H,3,4)(H,5,6). The Kier molecular flexibility index (Phi) is 9.94. The average Bonchev–Trinajstić information content (AvgIpc) is 3.27. The summed E-state index contributed by atoms with van der Waals surface area (Å²) in [7, 11) is 0. The van der Waals surface area contributed by atoms with Crippen molar-refractivity contribution in [3.63, 3.8) is 0 Å². The van der Waals surface area contributed by atoms with Crippen LogP contribution in [-0.2, 0) is 26.6 Å². The highest BCUT2D eigenvalue weighted by molar-refractivity contribution is 7.98. The molecule has 1 unspecified atom stereocenters. The minimum Gasteiger partial charge on any atom is -0.473 e. The summed E-state index contributed by atoms with van der Waals surface area (Å²) in [5, 5.41) is 18.6. The van der Waals surface area contributed by atoms with Crippen LogP contribution in [0.4, 0.5) is 10.1 Å². The number of aryl methyl sites for hydroxylation is 1. The number of aliphatic carboxylic acids is 2. The second-order valence-electron chi connectivity index (χ2n) is 8.06. The number of nitrogens with one attached hydrogen (secondary N) is 1. The highest BCUT2D eigenvalue weighted by Gasteiger charge is 2.25. The van der Waals surface area contributed by atoms with E-state index in [4.69, 9.17) is 24.8 Å². The van der Waals surface area contributed by atoms with Gasteiger partial charge in [-0.15, -0.1) is 0 Å². The molecule has 0 spiro atoms. The third kappa shape index (κ3) is 7.16. The number of nitrogens with zero attached hydrogens (tertiary/aromatic N) is 3. The Hall–Kier alpha value is -4.25. The number of thioether (sulfide) groups is 1. The van der Waals surface area contributed by atoms with Gasteiger partial charge in [0.1, 0.15) is 17.4 Å². The number of pyridine rings is 1. The van der Waals surface area contributed by atoms with Crippen molar-refractivity contribution in [3.05, 3.63) is 83.8 Å². The van der Waals surface area contributed by atoms with Crippen LogP contribution < -0.4 is 5.32 Å². The van der Waals surface area contributed by atoms with Crippen LogP contribution in [0, 0.1) is 5.82 Å². The molecule has 198 valence electrons. The van der Waals surface area contributed by atoms with Gasteiger partial charge in [-0.25, -0.2) is 23.9 Å². The van der Waals surface area contributed by atoms with Crippen LogP contribution in [0.1, 0.15) is 37.4 Å². The van der Waals surface area contributed by atoms with E-state index in [0.29, 0.717) is 23.0 Å². The molecule has 0 fully saturated rings. The van der Waals surface area contributed by atoms with Crippen molar-refractivity contribution in [2.24, 2.45) is 0 Å². The lowest BCUT2D eigenvalue weighted by molar-refractivity contribution is -0.159. The predicted octanol–water partition coefficient (Wildman–Crippen LogP) is 5.17. The summed E-state index contributed by atoms with van der Waals surface area (Å²) in [5.41, 5.74) is 4.33. The van der Waals surface area contributed by atoms with Crippen LogP contribution >= 0.6 is 11.8 Å². The van der Waals surface area contributed by atoms with Gasteiger partial charge >= 0.3 is 11.9 Å². The Morgan fingerprint density at radius 1 is 1.00 bits per heavy atom. The summed E-state index contributed by atoms with van der Waals surface area (Å²) in [6.07, 6.45) is 3.14. The second kappa shape index (κ2) is 13.3. The molecule has 1 atom stereocenters. The first-order valence-corrected chi connectivity index (χ1v) is 12.8. The van der Waals surface area contributed by atoms with Crippen molar-refractivity contribution in [2.75, 3.05) is 5.32 Å². The first-order chi connectivity index (χ1) is 18.2. The van der Waals surface area contributed by atoms with Gasteiger partial charge < -0.3 is 15.5 Å². The third-order valence-electron chi connectivity index (χ3n) is 5.54. The molecule has 4 rings (SSSR count). The largest absolute Gasteiger partial charge is 0.473 e. The van der Waals surface area contributed by atoms with Gasteiger partial charge in [0, 0.05) is 17.6 Å². The van der Waals surface area contributed by atoms with Crippen LogP contribution in [0.25, 0.3) is 11.2 Å². The highest BCUT2D eigenvalue weighted by atomic mass is 32.2. The van der Waals surface area contributed by atoms with E-state index < -0.39 is 18.0 Å². The molecule has 0 radical (unpaired) electrons. The molecule has 11 heteroatoms. The number of carboxylic acids is 2. The normalized spacial score (nSPS) is 11.3. The Morgan fingerprint density at radius 2 is 1.68 bits per heavy atom. The third-order valence-corrected chi connectivity index (χ3v) is 6.56. The van der Waals surface area contributed by atoms with Crippen LogP contribution in [0.2, 0.25) is 0 Å². The molecule has 2 heterocycles. The molecule has 38 heavy (non-hydrogen) atoms. The van der Waals surface area contributed by atoms with Crippen molar-refractivity contribution < 1.29 is 29.0 Å². The van der Waals surface area contributed by atoms with Crippen molar-refractivity contribution >= 4 is 46.5 Å². The predicted molar refractivity (Wildman–Crippen MR) is 143 cm³/mol. The van der Waals surface area contributed by atoms with Crippen molar-refractivity contribution in [1.82, 2.24) is 14.5 Å². The van der Waals surface area contributed by atoms with Gasteiger partial charge in [-0.3, -0.25) is 9.36 Å². The molecule has 1 amide bonds. The van der Waals surface area contributed by atoms with Crippen molar-refractivity contribution in [3.8, 4) is 0 Å². The minimum atomic E-state index is -1.82. The van der Waals surface area contributed by atoms with E-state index in [9.17, 15) is 9.18 Å². The van der Waals surface area contributed by atoms with Crippen LogP contribution in [-0.4, -0.2) is 42.6 Å². The summed E-state index contributed by atoms with van der Waals surface area (Å²) in [5.74, 6) is -3.39. The number of fused-ring (bicyclic) bond motifs is 1. The van der Waals surface area contributed by atoms with Gasteiger partial charge in [-0.2, -0.15) is 0 Å². The molecule has 0 aliphatic heterocycles. The Labute approximate surface area is 222 Å². The maximum atomic E-state index is 13.4. The Balaban J connectivity index is 0.000000599. The number of anilines is 1. The molecule has 9 nitrogen and oxygen atoms in total. The minimum absolute atomic E-state index is 0.0954. The quantitative estimate of drug-likeness (QED) is 0.207. The molecule has 0 aliphatic rings. The SMILES string of the molecule is CCc1ccccc1NC(=O)C(CC)n1c(SCc2ccc(F)cc2)nc2cccnc21.O=C(O)C(=O)O. The molecular weight excluding hydrogens is 511 g/mol. The first kappa shape index (κ1) is 28.3. The fourth-order valence-electron chi connectivity index (χ4n) is 3.67. The van der Waals surface area contributed by atoms with E-state index in [0.717, 1.165) is 28.8 Å². The summed E-state index contributed by atoms with van der Waals surface area (Å²) in [4.78, 5) is 40.8. The zero-order chi connectivity index (χ0) is 27.7. The molecule has 0 aliphatic carbocycles. The summed E-state index contributed by atoms with van der Waals surface area (Å²) in [6, 6.07) is 17.6. The summed E-state index contributed by atoms with van der Waals surface area (Å²) in [6.45, 7) is 4.05. The molecule has 0 bridgehead atoms. The molecule has 2 aromatic heterocycles. The monoisotopic (exact) mass is 538 g/mol. The number of hydrogen-bond donors (Lipinski definition) is 3. The number of aromatic nitrogens is 3. The fourth-order valence-corrected chi connectivity index (χ4v) is 4.68. The topological polar surface area (TPSA) is 134 Å². The zero-order valence-electron chi connectivity index (χ0n) is 20.8. The van der Waals surface area contributed by atoms with Gasteiger partial charge in [0.25, 0.3) is 0 Å². The number of para-hydroxylation sites is 1. The number of imidazole rings is 1. The lowest BCUT2D eigenvalue weighted by atomic mass is 10.1. The molecular formula is C27H27FN4O5S. The smallest absolute Gasteiger partial charge is 0.414 e. The molecule has 0 saturated carbocycles. The van der Waals surface area contributed by atoms with E-state index in [1.165, 1.54) is 23.9 Å². The number of halogens is 1. The van der Waals surface area contributed by atoms with Gasteiger partial charge in [0.05, 0.1) is 0 Å². The average molecular weight is 539 g/mol. The van der Waals surface area contributed by atoms with E-state index in [1.807, 2.05) is 47.9 Å². The number of rotatable bonds is 8. The van der Waals surface area contributed by atoms with Gasteiger partial charge in [-0.05, 0) is 54.3 Å². The van der Waals surface area contributed by atoms with Gasteiger partial charge in [0.2, 0.25) is 5.91 Å². The lowest BCUT2D eigenvalue weighted by Gasteiger charge is -2.20. The zero-order valence-corrected chi connectivity index (χ0v) is 21.6. The number of benzene rings is 2. The molecule has 4 aromatic rings. The second-order valence-corrected chi connectivity index (χ2v) is 9.00. The van der Waals surface area contributed by atoms with E-state index in [-0.39, 0.29) is 11.7 Å². The molecule has 0 saturated heterocycles. The number of carbonyl (C=O) groups excluding carboxylic acids is 1. The summed E-state index contributed by atoms with van der Waals surface area (Å²) < 4.78 is 15.2. The van der Waals surface area contributed by atoms with Crippen LogP contribution in [0.5, 0.6) is 0 Å². The molecule has 3 N–H and O–H groups in total. The Morgan fingerprint density at radius 3 is 2.32 bits per heavy atom. The van der Waals surface area contributed by atoms with E-state index in [1.54, 1.807) is 18.3 Å². The van der Waals surface area contributed by atoms with Crippen LogP contribution in [0.3, 0.4) is 0 Å². The van der Waals surface area contributed by atoms with E-state index in [2.05, 4.69) is 17.2 Å². The number of hydrogen-bond acceptors (Lipinski definition) is 6. The molecule has 2 aromatic carbocycles. The first-order valence-electron chi connectivity index (χ1n) is 11.8. The van der Waals surface area contributed by atoms with Crippen molar-refractivity contribution in [2.45, 2.75) is 43.6 Å². The van der Waals surface area contributed by atoms with E-state index >= 15 is 0 Å². The lowest BCUT2D eigenvalue weighted by Crippen LogP contribution is -2.26. The maximum Gasteiger partial charge on any atom is 0.414 e. The summed E-state index contributed by atoms with van der Waals surface area (Å²) >= 11 is 1.52. The van der Waals surface area contributed by atoms with Crippen LogP contribution in [0.15, 0.2) is 72.0 Å². The van der Waals surface area contributed by atoms with Crippen molar-refractivity contribution in [1.29, 1.82) is 0 Å². The number of amides is 1. The van der Waals surface area contributed by atoms with Gasteiger partial charge in [0.15, 0.2) is 10.8 Å².